The van der Waals surface area contributed by atoms with Crippen LogP contribution in [0.4, 0.5) is 0 Å². The number of fused-ring (bicyclic) bond motifs is 1. The van der Waals surface area contributed by atoms with E-state index in [1.807, 2.05) is 56.3 Å². The van der Waals surface area contributed by atoms with Gasteiger partial charge in [0, 0.05) is 18.8 Å². The lowest BCUT2D eigenvalue weighted by Gasteiger charge is -2.64. The first-order valence-electron chi connectivity index (χ1n) is 18.2. The summed E-state index contributed by atoms with van der Waals surface area (Å²) in [6.07, 6.45) is 7.68. The Morgan fingerprint density at radius 2 is 1.60 bits per heavy atom. The zero-order valence-corrected chi connectivity index (χ0v) is 30.4. The van der Waals surface area contributed by atoms with Crippen LogP contribution in [0.2, 0.25) is 0 Å². The molecule has 7 atom stereocenters. The molecule has 2 bridgehead atoms. The van der Waals surface area contributed by atoms with Gasteiger partial charge in [-0.3, -0.25) is 19.4 Å². The van der Waals surface area contributed by atoms with Crippen LogP contribution in [0.15, 0.2) is 61.1 Å². The van der Waals surface area contributed by atoms with Crippen LogP contribution in [0.25, 0.3) is 10.8 Å². The van der Waals surface area contributed by atoms with E-state index in [9.17, 15) is 14.4 Å². The van der Waals surface area contributed by atoms with Crippen LogP contribution < -0.4 is 16.0 Å². The smallest absolute Gasteiger partial charge is 0.404 e. The van der Waals surface area contributed by atoms with Gasteiger partial charge >= 0.3 is 7.12 Å². The minimum absolute atomic E-state index is 0.00390. The van der Waals surface area contributed by atoms with E-state index < -0.39 is 36.6 Å². The molecule has 2 heterocycles. The lowest BCUT2D eigenvalue weighted by molar-refractivity contribution is -0.199. The van der Waals surface area contributed by atoms with Crippen molar-refractivity contribution in [3.05, 3.63) is 72.3 Å². The molecule has 0 unspecified atom stereocenters. The number of benzene rings is 2. The van der Waals surface area contributed by atoms with Gasteiger partial charge in [0.05, 0.1) is 23.8 Å². The summed E-state index contributed by atoms with van der Waals surface area (Å²) >= 11 is 0. The molecule has 50 heavy (non-hydrogen) atoms. The zero-order valence-electron chi connectivity index (χ0n) is 30.4. The number of nitrogens with zero attached hydrogens (tertiary/aromatic N) is 2. The number of nitrogens with one attached hydrogen (secondary N) is 3. The molecular formula is C39H52BN5O5. The molecule has 3 aromatic rings. The van der Waals surface area contributed by atoms with Crippen molar-refractivity contribution in [3.8, 4) is 0 Å². The normalized spacial score (nSPS) is 25.4. The highest BCUT2D eigenvalue weighted by Crippen LogP contribution is 2.65. The van der Waals surface area contributed by atoms with Gasteiger partial charge in [0.15, 0.2) is 0 Å². The average molecular weight is 682 g/mol. The predicted molar refractivity (Wildman–Crippen MR) is 194 cm³/mol. The molecule has 3 N–H and O–H groups in total. The van der Waals surface area contributed by atoms with E-state index in [1.54, 1.807) is 0 Å². The minimum Gasteiger partial charge on any atom is -0.404 e. The maximum Gasteiger partial charge on any atom is 0.481 e. The summed E-state index contributed by atoms with van der Waals surface area (Å²) in [6.45, 7) is 15.1. The quantitative estimate of drug-likeness (QED) is 0.209. The van der Waals surface area contributed by atoms with Crippen LogP contribution in [0.3, 0.4) is 0 Å². The molecule has 3 amide bonds. The molecule has 4 fully saturated rings. The Morgan fingerprint density at radius 3 is 2.28 bits per heavy atom. The molecule has 1 saturated heterocycles. The van der Waals surface area contributed by atoms with Crippen molar-refractivity contribution in [2.24, 2.45) is 29.1 Å². The Morgan fingerprint density at radius 1 is 0.880 bits per heavy atom. The largest absolute Gasteiger partial charge is 0.481 e. The van der Waals surface area contributed by atoms with Gasteiger partial charge in [0.1, 0.15) is 17.8 Å². The third kappa shape index (κ3) is 7.44. The number of amides is 3. The number of hydrogen-bond donors (Lipinski definition) is 3. The van der Waals surface area contributed by atoms with E-state index >= 15 is 0 Å². The number of aromatic nitrogens is 2. The third-order valence-electron chi connectivity index (χ3n) is 11.4. The first kappa shape index (κ1) is 36.0. The fraction of sp³-hybridized carbons (Fsp3) is 0.564. The van der Waals surface area contributed by atoms with Crippen molar-refractivity contribution >= 4 is 35.6 Å². The molecule has 1 aliphatic heterocycles. The van der Waals surface area contributed by atoms with Gasteiger partial charge in [0.2, 0.25) is 11.8 Å². The zero-order chi connectivity index (χ0) is 35.8. The molecule has 7 rings (SSSR count). The lowest BCUT2D eigenvalue weighted by atomic mass is 9.43. The number of rotatable bonds is 13. The van der Waals surface area contributed by atoms with Gasteiger partial charge in [-0.25, -0.2) is 4.98 Å². The first-order valence-corrected chi connectivity index (χ1v) is 18.2. The van der Waals surface area contributed by atoms with E-state index in [1.165, 1.54) is 18.6 Å². The summed E-state index contributed by atoms with van der Waals surface area (Å²) in [6, 6.07) is 12.1. The fourth-order valence-electron chi connectivity index (χ4n) is 8.53. The number of carbonyl (C=O) groups excluding carboxylic acids is 3. The summed E-state index contributed by atoms with van der Waals surface area (Å²) in [5.41, 5.74) is 0.783. The molecule has 3 saturated carbocycles. The predicted octanol–water partition coefficient (Wildman–Crippen LogP) is 5.30. The Kier molecular flexibility index (Phi) is 10.4. The van der Waals surface area contributed by atoms with E-state index in [-0.39, 0.29) is 47.3 Å². The lowest BCUT2D eigenvalue weighted by Crippen LogP contribution is -2.65. The van der Waals surface area contributed by atoms with Crippen LogP contribution in [-0.4, -0.2) is 64.5 Å². The molecule has 0 spiro atoms. The second-order valence-electron chi connectivity index (χ2n) is 16.3. The highest BCUT2D eigenvalue weighted by Gasteiger charge is 2.68. The second kappa shape index (κ2) is 14.4. The van der Waals surface area contributed by atoms with E-state index in [0.717, 1.165) is 29.2 Å². The van der Waals surface area contributed by atoms with Gasteiger partial charge < -0.3 is 25.3 Å². The average Bonchev–Trinajstić information content (AvgIpc) is 3.44. The fourth-order valence-corrected chi connectivity index (χ4v) is 8.53. The Hall–Kier alpha value is -3.83. The van der Waals surface area contributed by atoms with Crippen LogP contribution in [-0.2, 0) is 25.3 Å². The topological polar surface area (TPSA) is 132 Å². The Bertz CT molecular complexity index is 1700. The van der Waals surface area contributed by atoms with Crippen LogP contribution in [0.5, 0.6) is 0 Å². The minimum atomic E-state index is -0.973. The molecule has 0 radical (unpaired) electrons. The molecule has 4 aliphatic rings. The van der Waals surface area contributed by atoms with Crippen LogP contribution in [0.1, 0.15) is 90.2 Å². The maximum atomic E-state index is 14.2. The Balaban J connectivity index is 1.20. The van der Waals surface area contributed by atoms with E-state index in [2.05, 4.69) is 60.5 Å². The van der Waals surface area contributed by atoms with Crippen molar-refractivity contribution in [3.63, 3.8) is 0 Å². The molecule has 1 aromatic heterocycles. The van der Waals surface area contributed by atoms with Crippen molar-refractivity contribution in [1.29, 1.82) is 0 Å². The van der Waals surface area contributed by atoms with Crippen molar-refractivity contribution < 1.29 is 23.7 Å². The summed E-state index contributed by atoms with van der Waals surface area (Å²) in [7, 11) is -0.575. The summed E-state index contributed by atoms with van der Waals surface area (Å²) in [5, 5.41) is 11.2. The SMILES string of the molecule is CC(C)C[C@H](NC(=O)[C@H](CC(C)C)NC(=O)[C@H](Cc1ccc2ccccc2c1)NC(=O)c1cnccn1)B1O[C@H]2C[C@@H]3C[C@@H](C3(C)C)[C@@]2(C)O1. The third-order valence-corrected chi connectivity index (χ3v) is 11.4. The molecule has 3 aliphatic carbocycles. The summed E-state index contributed by atoms with van der Waals surface area (Å²) in [4.78, 5) is 49.7. The highest BCUT2D eigenvalue weighted by atomic mass is 16.7. The number of carbonyl (C=O) groups is 3. The van der Waals surface area contributed by atoms with E-state index in [0.29, 0.717) is 24.7 Å². The molecule has 2 aromatic carbocycles. The van der Waals surface area contributed by atoms with Crippen molar-refractivity contribution in [1.82, 2.24) is 25.9 Å². The standard InChI is InChI=1S/C39H52BN5O5/c1-23(2)16-29(36(47)45-34(17-24(3)4)40-49-33-21-28-20-32(38(28,5)6)39(33,7)50-40)43-35(46)30(44-37(48)31-22-41-14-15-42-31)19-25-12-13-26-10-8-9-11-27(26)18-25/h8-15,18,22-24,28-30,32-34H,16-17,19-21H2,1-7H3,(H,43,46)(H,44,48)(H,45,47)/t28-,29-,30-,32-,33-,34-,39+/m0/s1. The second-order valence-corrected chi connectivity index (χ2v) is 16.3. The molecule has 10 nitrogen and oxygen atoms in total. The summed E-state index contributed by atoms with van der Waals surface area (Å²) < 4.78 is 13.4. The van der Waals surface area contributed by atoms with Crippen LogP contribution >= 0.6 is 0 Å². The first-order chi connectivity index (χ1) is 23.7. The maximum absolute atomic E-state index is 14.2. The van der Waals surface area contributed by atoms with Gasteiger partial charge in [0.25, 0.3) is 5.91 Å². The highest BCUT2D eigenvalue weighted by molar-refractivity contribution is 6.48. The molecule has 266 valence electrons. The van der Waals surface area contributed by atoms with Gasteiger partial charge in [-0.05, 0) is 78.0 Å². The van der Waals surface area contributed by atoms with Gasteiger partial charge in [-0.2, -0.15) is 0 Å². The number of hydrogen-bond acceptors (Lipinski definition) is 7. The monoisotopic (exact) mass is 681 g/mol. The van der Waals surface area contributed by atoms with Gasteiger partial charge in [-0.15, -0.1) is 0 Å². The summed E-state index contributed by atoms with van der Waals surface area (Å²) in [5.74, 6) is -0.248. The van der Waals surface area contributed by atoms with Gasteiger partial charge in [-0.1, -0.05) is 84.0 Å². The van der Waals surface area contributed by atoms with E-state index in [4.69, 9.17) is 9.31 Å². The molecule has 11 heteroatoms. The van der Waals surface area contributed by atoms with Crippen LogP contribution in [0, 0.1) is 29.1 Å². The Labute approximate surface area is 296 Å². The van der Waals surface area contributed by atoms with Crippen molar-refractivity contribution in [2.45, 2.75) is 110 Å². The molecular weight excluding hydrogens is 629 g/mol. The van der Waals surface area contributed by atoms with Crippen molar-refractivity contribution in [2.75, 3.05) is 0 Å².